The third-order valence-corrected chi connectivity index (χ3v) is 4.16. The van der Waals surface area contributed by atoms with Crippen molar-refractivity contribution in [1.29, 1.82) is 0 Å². The Morgan fingerprint density at radius 1 is 1.52 bits per heavy atom. The number of hydrogen-bond acceptors (Lipinski definition) is 3. The first kappa shape index (κ1) is 15.9. The summed E-state index contributed by atoms with van der Waals surface area (Å²) in [5, 5.41) is 10.0. The van der Waals surface area contributed by atoms with Gasteiger partial charge in [-0.1, -0.05) is 26.3 Å². The van der Waals surface area contributed by atoms with Crippen molar-refractivity contribution in [2.75, 3.05) is 6.54 Å². The van der Waals surface area contributed by atoms with Gasteiger partial charge >= 0.3 is 0 Å². The van der Waals surface area contributed by atoms with E-state index < -0.39 is 0 Å². The Morgan fingerprint density at radius 3 is 2.76 bits per heavy atom. The molecule has 0 aliphatic heterocycles. The quantitative estimate of drug-likeness (QED) is 0.649. The standard InChI is InChI=1S/C15H24N4OS/c1-10(15(2,3)4)9-13(20)16-8-7-12-17-18-14(21)19(12)11-5-6-11/h9,11H,5-8H2,1-4H3,(H,16,20)(H,18,21)/b10-9-. The Labute approximate surface area is 130 Å². The van der Waals surface area contributed by atoms with Gasteiger partial charge in [0.1, 0.15) is 5.82 Å². The van der Waals surface area contributed by atoms with Crippen LogP contribution < -0.4 is 5.32 Å². The summed E-state index contributed by atoms with van der Waals surface area (Å²) in [5.41, 5.74) is 1.09. The zero-order valence-corrected chi connectivity index (χ0v) is 14.0. The van der Waals surface area contributed by atoms with Crippen molar-refractivity contribution in [3.63, 3.8) is 0 Å². The van der Waals surface area contributed by atoms with Crippen LogP contribution in [0.3, 0.4) is 0 Å². The second-order valence-electron chi connectivity index (χ2n) is 6.66. The molecule has 0 bridgehead atoms. The summed E-state index contributed by atoms with van der Waals surface area (Å²) >= 11 is 5.24. The minimum absolute atomic E-state index is 0.0196. The number of aromatic amines is 1. The van der Waals surface area contributed by atoms with Crippen LogP contribution in [0, 0.1) is 10.2 Å². The van der Waals surface area contributed by atoms with Crippen LogP contribution in [0.4, 0.5) is 0 Å². The molecule has 1 aromatic heterocycles. The number of nitrogens with one attached hydrogen (secondary N) is 2. The second kappa shape index (κ2) is 6.13. The lowest BCUT2D eigenvalue weighted by atomic mass is 9.87. The number of carbonyl (C=O) groups excluding carboxylic acids is 1. The van der Waals surface area contributed by atoms with Crippen LogP contribution in [0.5, 0.6) is 0 Å². The number of H-pyrrole nitrogens is 1. The Bertz CT molecular complexity index is 602. The van der Waals surface area contributed by atoms with Gasteiger partial charge in [-0.3, -0.25) is 9.89 Å². The van der Waals surface area contributed by atoms with Crippen LogP contribution in [0.15, 0.2) is 11.6 Å². The smallest absolute Gasteiger partial charge is 0.243 e. The number of rotatable bonds is 5. The van der Waals surface area contributed by atoms with E-state index in [1.807, 2.05) is 6.92 Å². The molecule has 1 heterocycles. The van der Waals surface area contributed by atoms with Gasteiger partial charge in [-0.2, -0.15) is 5.10 Å². The predicted molar refractivity (Wildman–Crippen MR) is 85.6 cm³/mol. The summed E-state index contributed by atoms with van der Waals surface area (Å²) in [4.78, 5) is 11.9. The zero-order chi connectivity index (χ0) is 15.6. The van der Waals surface area contributed by atoms with Gasteiger partial charge in [-0.15, -0.1) is 0 Å². The van der Waals surface area contributed by atoms with Crippen LogP contribution in [0.2, 0.25) is 0 Å². The first-order valence-corrected chi connectivity index (χ1v) is 7.82. The first-order chi connectivity index (χ1) is 9.79. The Kier molecular flexibility index (Phi) is 4.66. The molecule has 1 fully saturated rings. The van der Waals surface area contributed by atoms with E-state index in [1.54, 1.807) is 6.08 Å². The Balaban J connectivity index is 1.88. The van der Waals surface area contributed by atoms with Crippen molar-refractivity contribution in [3.8, 4) is 0 Å². The van der Waals surface area contributed by atoms with E-state index in [-0.39, 0.29) is 11.3 Å². The number of amides is 1. The highest BCUT2D eigenvalue weighted by Crippen LogP contribution is 2.35. The van der Waals surface area contributed by atoms with Gasteiger partial charge < -0.3 is 9.88 Å². The van der Waals surface area contributed by atoms with Crippen LogP contribution in [0.25, 0.3) is 0 Å². The Hall–Kier alpha value is -1.43. The van der Waals surface area contributed by atoms with Gasteiger partial charge in [-0.05, 0) is 37.4 Å². The first-order valence-electron chi connectivity index (χ1n) is 7.41. The predicted octanol–water partition coefficient (Wildman–Crippen LogP) is 2.93. The summed E-state index contributed by atoms with van der Waals surface area (Å²) in [7, 11) is 0. The molecule has 21 heavy (non-hydrogen) atoms. The maximum absolute atomic E-state index is 11.9. The van der Waals surface area contributed by atoms with Gasteiger partial charge in [0, 0.05) is 25.1 Å². The normalized spacial score (nSPS) is 16.1. The molecule has 1 aliphatic carbocycles. The summed E-state index contributed by atoms with van der Waals surface area (Å²) in [6.45, 7) is 8.84. The lowest BCUT2D eigenvalue weighted by Crippen LogP contribution is -2.25. The SMILES string of the molecule is C/C(=C/C(=O)NCCc1n[nH]c(=S)n1C1CC1)C(C)(C)C. The van der Waals surface area contributed by atoms with E-state index in [4.69, 9.17) is 12.2 Å². The highest BCUT2D eigenvalue weighted by atomic mass is 32.1. The van der Waals surface area contributed by atoms with Crippen molar-refractivity contribution in [1.82, 2.24) is 20.1 Å². The number of nitrogens with zero attached hydrogens (tertiary/aromatic N) is 2. The van der Waals surface area contributed by atoms with E-state index in [1.165, 1.54) is 12.8 Å². The molecule has 0 spiro atoms. The molecule has 0 aromatic carbocycles. The fourth-order valence-corrected chi connectivity index (χ4v) is 2.28. The van der Waals surface area contributed by atoms with Crippen molar-refractivity contribution < 1.29 is 4.79 Å². The summed E-state index contributed by atoms with van der Waals surface area (Å²) < 4.78 is 2.76. The van der Waals surface area contributed by atoms with Gasteiger partial charge in [-0.25, -0.2) is 0 Å². The molecule has 1 saturated carbocycles. The fraction of sp³-hybridized carbons (Fsp3) is 0.667. The van der Waals surface area contributed by atoms with Crippen LogP contribution in [0.1, 0.15) is 52.4 Å². The third kappa shape index (κ3) is 4.27. The molecule has 6 heteroatoms. The maximum atomic E-state index is 11.9. The number of hydrogen-bond donors (Lipinski definition) is 2. The lowest BCUT2D eigenvalue weighted by Gasteiger charge is -2.19. The minimum Gasteiger partial charge on any atom is -0.352 e. The molecule has 116 valence electrons. The zero-order valence-electron chi connectivity index (χ0n) is 13.2. The van der Waals surface area contributed by atoms with Crippen molar-refractivity contribution in [3.05, 3.63) is 22.2 Å². The Morgan fingerprint density at radius 2 is 2.19 bits per heavy atom. The van der Waals surface area contributed by atoms with Crippen LogP contribution in [-0.2, 0) is 11.2 Å². The molecule has 2 rings (SSSR count). The van der Waals surface area contributed by atoms with Gasteiger partial charge in [0.25, 0.3) is 0 Å². The topological polar surface area (TPSA) is 62.7 Å². The average molecular weight is 308 g/mol. The van der Waals surface area contributed by atoms with E-state index in [2.05, 4.69) is 40.9 Å². The van der Waals surface area contributed by atoms with Crippen molar-refractivity contribution in [2.45, 2.75) is 53.0 Å². The van der Waals surface area contributed by atoms with Crippen LogP contribution >= 0.6 is 12.2 Å². The van der Waals surface area contributed by atoms with Crippen LogP contribution in [-0.4, -0.2) is 27.2 Å². The van der Waals surface area contributed by atoms with E-state index in [9.17, 15) is 4.79 Å². The molecular weight excluding hydrogens is 284 g/mol. The maximum Gasteiger partial charge on any atom is 0.243 e. The highest BCUT2D eigenvalue weighted by molar-refractivity contribution is 7.71. The van der Waals surface area contributed by atoms with Crippen molar-refractivity contribution >= 4 is 18.1 Å². The van der Waals surface area contributed by atoms with Gasteiger partial charge in [0.2, 0.25) is 5.91 Å². The number of allylic oxidation sites excluding steroid dienone is 1. The number of carbonyl (C=O) groups is 1. The molecular formula is C15H24N4OS. The molecule has 1 aromatic rings. The molecule has 0 atom stereocenters. The molecule has 1 aliphatic rings. The van der Waals surface area contributed by atoms with Gasteiger partial charge in [0.05, 0.1) is 0 Å². The third-order valence-electron chi connectivity index (χ3n) is 3.87. The summed E-state index contributed by atoms with van der Waals surface area (Å²) in [5.74, 6) is 0.883. The molecule has 2 N–H and O–H groups in total. The molecule has 5 nitrogen and oxygen atoms in total. The summed E-state index contributed by atoms with van der Waals surface area (Å²) in [6.07, 6.45) is 4.71. The van der Waals surface area contributed by atoms with Gasteiger partial charge in [0.15, 0.2) is 4.77 Å². The molecule has 0 unspecified atom stereocenters. The highest BCUT2D eigenvalue weighted by Gasteiger charge is 2.26. The molecule has 1 amide bonds. The van der Waals surface area contributed by atoms with E-state index >= 15 is 0 Å². The monoisotopic (exact) mass is 308 g/mol. The van der Waals surface area contributed by atoms with E-state index in [0.717, 1.165) is 11.4 Å². The number of aromatic nitrogens is 3. The average Bonchev–Trinajstić information content (AvgIpc) is 3.13. The minimum atomic E-state index is -0.0467. The van der Waals surface area contributed by atoms with Crippen molar-refractivity contribution in [2.24, 2.45) is 5.41 Å². The second-order valence-corrected chi connectivity index (χ2v) is 7.05. The largest absolute Gasteiger partial charge is 0.352 e. The lowest BCUT2D eigenvalue weighted by molar-refractivity contribution is -0.116. The van der Waals surface area contributed by atoms with E-state index in [0.29, 0.717) is 23.8 Å². The summed E-state index contributed by atoms with van der Waals surface area (Å²) in [6, 6.07) is 0.505. The molecule has 0 radical (unpaired) electrons. The fourth-order valence-electron chi connectivity index (χ4n) is 1.98. The molecule has 0 saturated heterocycles.